The van der Waals surface area contributed by atoms with Crippen molar-refractivity contribution in [2.45, 2.75) is 51.3 Å². The van der Waals surface area contributed by atoms with Crippen LogP contribution in [0.25, 0.3) is 0 Å². The van der Waals surface area contributed by atoms with Crippen molar-refractivity contribution >= 4 is 18.0 Å². The molecule has 196 valence electrons. The second-order valence-corrected chi connectivity index (χ2v) is 8.83. The van der Waals surface area contributed by atoms with Crippen LogP contribution >= 0.6 is 0 Å². The average Bonchev–Trinajstić information content (AvgIpc) is 2.85. The summed E-state index contributed by atoms with van der Waals surface area (Å²) in [6, 6.07) is 8.55. The number of nitrogens with one attached hydrogen (secondary N) is 2. The maximum absolute atomic E-state index is 14.9. The molecule has 3 atom stereocenters. The molecule has 10 nitrogen and oxygen atoms in total. The summed E-state index contributed by atoms with van der Waals surface area (Å²) in [5.41, 5.74) is 2.29. The number of benzene rings is 1. The minimum Gasteiger partial charge on any atom is -0.481 e. The first-order valence-electron chi connectivity index (χ1n) is 11.7. The second kappa shape index (κ2) is 11.2. The molecule has 1 aromatic carbocycles. The first kappa shape index (κ1) is 25.9. The third-order valence-electron chi connectivity index (χ3n) is 6.02. The smallest absolute Gasteiger partial charge is 0.331 e. The molecule has 0 radical (unpaired) electrons. The number of pyridine rings is 1. The van der Waals surface area contributed by atoms with Crippen LogP contribution in [0, 0.1) is 12.7 Å². The van der Waals surface area contributed by atoms with Crippen molar-refractivity contribution in [3.8, 4) is 5.88 Å². The standard InChI is InChI=1S/C25H27F2N5O5/c1-15-2-4-16(5-3-15)14-32-23(30-24(35)31(25(32)36)11-10-22(33)34)29-18-7-8-20(19(27)12-18)37-21-9-6-17(26)13-28-21/h2-6,9,12-13,19-20,23,29H,7-8,10-11,14H2,1H3,(H,30,35)(H,33,34). The van der Waals surface area contributed by atoms with Gasteiger partial charge in [-0.1, -0.05) is 29.8 Å². The molecule has 1 aliphatic heterocycles. The highest BCUT2D eigenvalue weighted by atomic mass is 19.1. The van der Waals surface area contributed by atoms with E-state index >= 15 is 0 Å². The van der Waals surface area contributed by atoms with Crippen molar-refractivity contribution in [2.24, 2.45) is 0 Å². The molecule has 37 heavy (non-hydrogen) atoms. The number of hydrogen-bond donors (Lipinski definition) is 3. The van der Waals surface area contributed by atoms with E-state index < -0.39 is 48.8 Å². The maximum atomic E-state index is 14.9. The highest BCUT2D eigenvalue weighted by Crippen LogP contribution is 2.25. The maximum Gasteiger partial charge on any atom is 0.331 e. The molecule has 4 rings (SSSR count). The summed E-state index contributed by atoms with van der Waals surface area (Å²) in [4.78, 5) is 42.9. The zero-order valence-electron chi connectivity index (χ0n) is 20.1. The first-order valence-corrected chi connectivity index (χ1v) is 11.7. The predicted octanol–water partition coefficient (Wildman–Crippen LogP) is 3.29. The highest BCUT2D eigenvalue weighted by Gasteiger charge is 2.39. The molecule has 2 heterocycles. The van der Waals surface area contributed by atoms with E-state index in [0.29, 0.717) is 12.1 Å². The summed E-state index contributed by atoms with van der Waals surface area (Å²) in [6.45, 7) is 1.76. The van der Waals surface area contributed by atoms with Crippen molar-refractivity contribution in [1.29, 1.82) is 0 Å². The third kappa shape index (κ3) is 6.51. The van der Waals surface area contributed by atoms with Crippen molar-refractivity contribution in [1.82, 2.24) is 25.4 Å². The SMILES string of the molecule is Cc1ccc(CN2C(=O)N(CCC(=O)O)C(=O)NC2NC2=CC(F)C(Oc3ccc(F)cn3)CC2)cc1. The number of rotatable bonds is 9. The number of halogens is 2. The quantitative estimate of drug-likeness (QED) is 0.468. The molecule has 1 fully saturated rings. The van der Waals surface area contributed by atoms with Gasteiger partial charge in [-0.05, 0) is 37.5 Å². The molecule has 12 heteroatoms. The number of hydrogen-bond acceptors (Lipinski definition) is 6. The van der Waals surface area contributed by atoms with E-state index in [4.69, 9.17) is 9.84 Å². The predicted molar refractivity (Wildman–Crippen MR) is 127 cm³/mol. The lowest BCUT2D eigenvalue weighted by Gasteiger charge is -2.42. The van der Waals surface area contributed by atoms with E-state index in [2.05, 4.69) is 15.6 Å². The average molecular weight is 516 g/mol. The molecule has 0 spiro atoms. The van der Waals surface area contributed by atoms with Gasteiger partial charge in [0.1, 0.15) is 11.9 Å². The number of ether oxygens (including phenoxy) is 1. The van der Waals surface area contributed by atoms with Crippen molar-refractivity contribution in [3.63, 3.8) is 0 Å². The lowest BCUT2D eigenvalue weighted by Crippen LogP contribution is -2.68. The summed E-state index contributed by atoms with van der Waals surface area (Å²) in [6.07, 6.45) is -0.804. The number of aromatic nitrogens is 1. The molecule has 4 amide bonds. The molecule has 3 N–H and O–H groups in total. The van der Waals surface area contributed by atoms with Gasteiger partial charge < -0.3 is 15.2 Å². The minimum absolute atomic E-state index is 0.106. The van der Waals surface area contributed by atoms with E-state index in [-0.39, 0.29) is 25.4 Å². The molecule has 2 aromatic rings. The van der Waals surface area contributed by atoms with E-state index in [0.717, 1.165) is 22.2 Å². The summed E-state index contributed by atoms with van der Waals surface area (Å²) in [5, 5.41) is 14.7. The number of nitrogens with zero attached hydrogens (tertiary/aromatic N) is 3. The van der Waals surface area contributed by atoms with Crippen LogP contribution < -0.4 is 15.4 Å². The van der Waals surface area contributed by atoms with Crippen LogP contribution in [-0.4, -0.2) is 63.0 Å². The Bertz CT molecular complexity index is 1170. The number of allylic oxidation sites excluding steroid dienone is 1. The third-order valence-corrected chi connectivity index (χ3v) is 6.02. The fourth-order valence-corrected chi connectivity index (χ4v) is 4.04. The lowest BCUT2D eigenvalue weighted by molar-refractivity contribution is -0.137. The van der Waals surface area contributed by atoms with Gasteiger partial charge >= 0.3 is 18.0 Å². The molecule has 0 bridgehead atoms. The number of aryl methyl sites for hydroxylation is 1. The van der Waals surface area contributed by atoms with Gasteiger partial charge in [0.15, 0.2) is 12.5 Å². The van der Waals surface area contributed by atoms with E-state index in [1.165, 1.54) is 23.1 Å². The van der Waals surface area contributed by atoms with Gasteiger partial charge in [0, 0.05) is 18.3 Å². The summed E-state index contributed by atoms with van der Waals surface area (Å²) in [7, 11) is 0. The lowest BCUT2D eigenvalue weighted by atomic mass is 10.00. The molecule has 1 aliphatic carbocycles. The molecule has 1 saturated heterocycles. The second-order valence-electron chi connectivity index (χ2n) is 8.83. The van der Waals surface area contributed by atoms with E-state index in [9.17, 15) is 23.2 Å². The van der Waals surface area contributed by atoms with E-state index in [1.807, 2.05) is 31.2 Å². The monoisotopic (exact) mass is 515 g/mol. The largest absolute Gasteiger partial charge is 0.481 e. The molecule has 1 aromatic heterocycles. The number of imide groups is 1. The Hall–Kier alpha value is -4.22. The van der Waals surface area contributed by atoms with Crippen molar-refractivity contribution in [3.05, 3.63) is 71.3 Å². The van der Waals surface area contributed by atoms with Crippen LogP contribution in [0.15, 0.2) is 54.4 Å². The molecule has 0 saturated carbocycles. The van der Waals surface area contributed by atoms with Crippen LogP contribution in [0.5, 0.6) is 5.88 Å². The van der Waals surface area contributed by atoms with Gasteiger partial charge in [0.25, 0.3) is 0 Å². The Morgan fingerprint density at radius 2 is 2.00 bits per heavy atom. The number of amides is 4. The van der Waals surface area contributed by atoms with Crippen LogP contribution in [0.4, 0.5) is 18.4 Å². The fourth-order valence-electron chi connectivity index (χ4n) is 4.04. The van der Waals surface area contributed by atoms with Gasteiger partial charge in [-0.25, -0.2) is 28.3 Å². The van der Waals surface area contributed by atoms with Crippen molar-refractivity contribution < 1.29 is 33.0 Å². The Kier molecular flexibility index (Phi) is 7.85. The van der Waals surface area contributed by atoms with Crippen LogP contribution in [0.1, 0.15) is 30.4 Å². The summed E-state index contributed by atoms with van der Waals surface area (Å²) >= 11 is 0. The molecular weight excluding hydrogens is 488 g/mol. The van der Waals surface area contributed by atoms with Gasteiger partial charge in [-0.2, -0.15) is 0 Å². The molecular formula is C25H27F2N5O5. The summed E-state index contributed by atoms with van der Waals surface area (Å²) < 4.78 is 33.5. The topological polar surface area (TPSA) is 124 Å². The number of carboxylic acid groups (broad SMARTS) is 1. The zero-order valence-corrected chi connectivity index (χ0v) is 20.1. The number of carbonyl (C=O) groups excluding carboxylic acids is 2. The van der Waals surface area contributed by atoms with Gasteiger partial charge in [-0.3, -0.25) is 15.0 Å². The summed E-state index contributed by atoms with van der Waals surface area (Å²) in [5.74, 6) is -1.56. The number of carboxylic acids is 1. The Balaban J connectivity index is 1.48. The number of alkyl halides is 1. The highest BCUT2D eigenvalue weighted by molar-refractivity contribution is 5.96. The van der Waals surface area contributed by atoms with Crippen LogP contribution in [-0.2, 0) is 11.3 Å². The van der Waals surface area contributed by atoms with Gasteiger partial charge in [0.2, 0.25) is 5.88 Å². The van der Waals surface area contributed by atoms with Gasteiger partial charge in [0.05, 0.1) is 19.2 Å². The number of urea groups is 2. The van der Waals surface area contributed by atoms with Gasteiger partial charge in [-0.15, -0.1) is 0 Å². The van der Waals surface area contributed by atoms with E-state index in [1.54, 1.807) is 0 Å². The van der Waals surface area contributed by atoms with Crippen molar-refractivity contribution in [2.75, 3.05) is 6.54 Å². The normalized spacial score (nSPS) is 21.8. The minimum atomic E-state index is -1.52. The molecule has 3 unspecified atom stereocenters. The number of aliphatic carboxylic acids is 1. The Labute approximate surface area is 211 Å². The molecule has 2 aliphatic rings. The fraction of sp³-hybridized carbons (Fsp3) is 0.360. The first-order chi connectivity index (χ1) is 17.7. The Morgan fingerprint density at radius 1 is 1.24 bits per heavy atom. The zero-order chi connectivity index (χ0) is 26.5. The Morgan fingerprint density at radius 3 is 2.65 bits per heavy atom. The van der Waals surface area contributed by atoms with Crippen LogP contribution in [0.2, 0.25) is 0 Å². The van der Waals surface area contributed by atoms with Crippen LogP contribution in [0.3, 0.4) is 0 Å². The number of carbonyl (C=O) groups is 3.